The van der Waals surface area contributed by atoms with E-state index in [1.54, 1.807) is 12.1 Å². The third-order valence-electron chi connectivity index (χ3n) is 3.93. The zero-order chi connectivity index (χ0) is 17.6. The third-order valence-corrected chi connectivity index (χ3v) is 3.93. The summed E-state index contributed by atoms with van der Waals surface area (Å²) in [6, 6.07) is 19.3. The molecule has 2 aromatic carbocycles. The molecule has 3 aromatic rings. The van der Waals surface area contributed by atoms with E-state index in [-0.39, 0.29) is 11.6 Å². The van der Waals surface area contributed by atoms with Gasteiger partial charge in [0.2, 0.25) is 0 Å². The number of amides is 1. The highest BCUT2D eigenvalue weighted by atomic mass is 16.1. The molecule has 0 unspecified atom stereocenters. The minimum atomic E-state index is -0.264. The van der Waals surface area contributed by atoms with Crippen molar-refractivity contribution >= 4 is 17.4 Å². The number of hydrogen-bond donors (Lipinski definition) is 2. The summed E-state index contributed by atoms with van der Waals surface area (Å²) in [6.45, 7) is 4.58. The summed E-state index contributed by atoms with van der Waals surface area (Å²) in [4.78, 5) is 12.4. The molecular weight excluding hydrogens is 312 g/mol. The van der Waals surface area contributed by atoms with Crippen LogP contribution >= 0.6 is 0 Å². The second-order valence-electron chi connectivity index (χ2n) is 5.86. The van der Waals surface area contributed by atoms with Crippen LogP contribution in [0.3, 0.4) is 0 Å². The van der Waals surface area contributed by atoms with E-state index in [4.69, 9.17) is 0 Å². The van der Waals surface area contributed by atoms with E-state index >= 15 is 0 Å². The summed E-state index contributed by atoms with van der Waals surface area (Å²) in [5.74, 6) is 0.368. The van der Waals surface area contributed by atoms with Crippen LogP contribution in [0.25, 0.3) is 0 Å². The Bertz CT molecular complexity index is 840. The molecule has 0 aliphatic carbocycles. The molecule has 5 nitrogen and oxygen atoms in total. The minimum absolute atomic E-state index is 0.264. The van der Waals surface area contributed by atoms with E-state index in [1.165, 1.54) is 0 Å². The first-order valence-corrected chi connectivity index (χ1v) is 8.12. The van der Waals surface area contributed by atoms with Gasteiger partial charge in [0.05, 0.1) is 0 Å². The summed E-state index contributed by atoms with van der Waals surface area (Å²) in [5, 5.41) is 14.2. The minimum Gasteiger partial charge on any atom is -0.365 e. The van der Waals surface area contributed by atoms with Crippen LogP contribution < -0.4 is 10.6 Å². The zero-order valence-corrected chi connectivity index (χ0v) is 14.3. The maximum absolute atomic E-state index is 12.4. The van der Waals surface area contributed by atoms with Crippen molar-refractivity contribution in [2.45, 2.75) is 20.4 Å². The first-order valence-electron chi connectivity index (χ1n) is 8.12. The van der Waals surface area contributed by atoms with Crippen LogP contribution in [0.5, 0.6) is 0 Å². The van der Waals surface area contributed by atoms with Gasteiger partial charge in [0.25, 0.3) is 5.91 Å². The van der Waals surface area contributed by atoms with Crippen LogP contribution in [0, 0.1) is 13.8 Å². The predicted molar refractivity (Wildman–Crippen MR) is 99.7 cm³/mol. The lowest BCUT2D eigenvalue weighted by atomic mass is 10.1. The van der Waals surface area contributed by atoms with Crippen LogP contribution in [0.15, 0.2) is 60.7 Å². The highest BCUT2D eigenvalue weighted by molar-refractivity contribution is 6.03. The molecule has 0 aliphatic rings. The van der Waals surface area contributed by atoms with Crippen molar-refractivity contribution < 1.29 is 4.79 Å². The fourth-order valence-electron chi connectivity index (χ4n) is 2.53. The Morgan fingerprint density at radius 1 is 0.880 bits per heavy atom. The van der Waals surface area contributed by atoms with Crippen molar-refractivity contribution in [3.8, 4) is 0 Å². The van der Waals surface area contributed by atoms with E-state index in [2.05, 4.69) is 20.8 Å². The smallest absolute Gasteiger partial charge is 0.276 e. The number of nitrogens with zero attached hydrogens (tertiary/aromatic N) is 2. The Kier molecular flexibility index (Phi) is 5.04. The number of carbonyl (C=O) groups is 1. The lowest BCUT2D eigenvalue weighted by Gasteiger charge is -2.11. The van der Waals surface area contributed by atoms with Crippen molar-refractivity contribution in [3.05, 3.63) is 83.0 Å². The number of nitrogens with one attached hydrogen (secondary N) is 2. The Morgan fingerprint density at radius 3 is 2.24 bits per heavy atom. The van der Waals surface area contributed by atoms with Gasteiger partial charge in [-0.1, -0.05) is 48.5 Å². The SMILES string of the molecule is Cc1cccc(C)c1NC(=O)c1ccc(NCc2ccccc2)nn1. The van der Waals surface area contributed by atoms with E-state index in [1.807, 2.05) is 62.4 Å². The van der Waals surface area contributed by atoms with E-state index in [9.17, 15) is 4.79 Å². The molecule has 1 amide bonds. The number of anilines is 2. The number of benzene rings is 2. The standard InChI is InChI=1S/C20H20N4O/c1-14-7-6-8-15(2)19(14)22-20(25)17-11-12-18(24-23-17)21-13-16-9-4-3-5-10-16/h3-12H,13H2,1-2H3,(H,21,24)(H,22,25). The van der Waals surface area contributed by atoms with Crippen LogP contribution in [0.2, 0.25) is 0 Å². The number of carbonyl (C=O) groups excluding carboxylic acids is 1. The zero-order valence-electron chi connectivity index (χ0n) is 14.3. The molecule has 25 heavy (non-hydrogen) atoms. The summed E-state index contributed by atoms with van der Waals surface area (Å²) in [5.41, 5.74) is 4.29. The normalized spacial score (nSPS) is 10.3. The van der Waals surface area contributed by atoms with Crippen molar-refractivity contribution in [2.75, 3.05) is 10.6 Å². The predicted octanol–water partition coefficient (Wildman–Crippen LogP) is 3.96. The number of hydrogen-bond acceptors (Lipinski definition) is 4. The molecule has 0 saturated carbocycles. The summed E-state index contributed by atoms with van der Waals surface area (Å²) >= 11 is 0. The summed E-state index contributed by atoms with van der Waals surface area (Å²) in [7, 11) is 0. The Morgan fingerprint density at radius 2 is 1.60 bits per heavy atom. The van der Waals surface area contributed by atoms with Crippen LogP contribution in [0.1, 0.15) is 27.2 Å². The molecule has 0 aliphatic heterocycles. The van der Waals surface area contributed by atoms with Gasteiger partial charge in [-0.15, -0.1) is 10.2 Å². The number of aromatic nitrogens is 2. The molecule has 0 radical (unpaired) electrons. The maximum Gasteiger partial charge on any atom is 0.276 e. The van der Waals surface area contributed by atoms with E-state index < -0.39 is 0 Å². The van der Waals surface area contributed by atoms with Gasteiger partial charge in [0.15, 0.2) is 5.69 Å². The second kappa shape index (κ2) is 7.57. The van der Waals surface area contributed by atoms with Gasteiger partial charge < -0.3 is 10.6 Å². The fraction of sp³-hybridized carbons (Fsp3) is 0.150. The fourth-order valence-corrected chi connectivity index (χ4v) is 2.53. The number of rotatable bonds is 5. The van der Waals surface area contributed by atoms with Crippen LogP contribution in [-0.4, -0.2) is 16.1 Å². The van der Waals surface area contributed by atoms with Gasteiger partial charge in [0, 0.05) is 12.2 Å². The Labute approximate surface area is 147 Å². The first kappa shape index (κ1) is 16.6. The summed E-state index contributed by atoms with van der Waals surface area (Å²) < 4.78 is 0. The molecule has 2 N–H and O–H groups in total. The van der Waals surface area contributed by atoms with Crippen molar-refractivity contribution in [1.29, 1.82) is 0 Å². The monoisotopic (exact) mass is 332 g/mol. The highest BCUT2D eigenvalue weighted by Gasteiger charge is 2.11. The molecule has 3 rings (SSSR count). The lowest BCUT2D eigenvalue weighted by molar-refractivity contribution is 0.102. The largest absolute Gasteiger partial charge is 0.365 e. The van der Waals surface area contributed by atoms with Crippen LogP contribution in [-0.2, 0) is 6.54 Å². The maximum atomic E-state index is 12.4. The van der Waals surface area contributed by atoms with Crippen molar-refractivity contribution in [2.24, 2.45) is 0 Å². The number of para-hydroxylation sites is 1. The molecule has 0 spiro atoms. The second-order valence-corrected chi connectivity index (χ2v) is 5.86. The van der Waals surface area contributed by atoms with Crippen molar-refractivity contribution in [3.63, 3.8) is 0 Å². The van der Waals surface area contributed by atoms with Gasteiger partial charge in [-0.2, -0.15) is 0 Å². The lowest BCUT2D eigenvalue weighted by Crippen LogP contribution is -2.16. The average molecular weight is 332 g/mol. The first-order chi connectivity index (χ1) is 12.1. The molecule has 0 saturated heterocycles. The molecule has 0 atom stereocenters. The molecule has 1 aromatic heterocycles. The summed E-state index contributed by atoms with van der Waals surface area (Å²) in [6.07, 6.45) is 0. The number of aryl methyl sites for hydroxylation is 2. The molecular formula is C20H20N4O. The van der Waals surface area contributed by atoms with Crippen LogP contribution in [0.4, 0.5) is 11.5 Å². The quantitative estimate of drug-likeness (QED) is 0.742. The molecule has 0 fully saturated rings. The third kappa shape index (κ3) is 4.20. The van der Waals surface area contributed by atoms with Crippen molar-refractivity contribution in [1.82, 2.24) is 10.2 Å². The Hall–Kier alpha value is -3.21. The molecule has 5 heteroatoms. The highest BCUT2D eigenvalue weighted by Crippen LogP contribution is 2.20. The molecule has 0 bridgehead atoms. The van der Waals surface area contributed by atoms with E-state index in [0.717, 1.165) is 22.4 Å². The van der Waals surface area contributed by atoms with E-state index in [0.29, 0.717) is 12.4 Å². The topological polar surface area (TPSA) is 66.9 Å². The van der Waals surface area contributed by atoms with Gasteiger partial charge >= 0.3 is 0 Å². The van der Waals surface area contributed by atoms with Gasteiger partial charge in [-0.25, -0.2) is 0 Å². The molecule has 126 valence electrons. The average Bonchev–Trinajstić information content (AvgIpc) is 2.64. The Balaban J connectivity index is 1.64. The van der Waals surface area contributed by atoms with Gasteiger partial charge in [-0.05, 0) is 42.7 Å². The van der Waals surface area contributed by atoms with Gasteiger partial charge in [-0.3, -0.25) is 4.79 Å². The van der Waals surface area contributed by atoms with Gasteiger partial charge in [0.1, 0.15) is 5.82 Å². The molecule has 1 heterocycles.